The van der Waals surface area contributed by atoms with Crippen LogP contribution in [0.4, 0.5) is 17.1 Å². The monoisotopic (exact) mass is 614 g/mol. The summed E-state index contributed by atoms with van der Waals surface area (Å²) in [7, 11) is -3.04. The Bertz CT molecular complexity index is 1630. The molecule has 2 amide bonds. The van der Waals surface area contributed by atoms with Gasteiger partial charge in [0.2, 0.25) is 5.91 Å². The van der Waals surface area contributed by atoms with Crippen LogP contribution in [0.1, 0.15) is 12.5 Å². The highest BCUT2D eigenvalue weighted by atomic mass is 79.9. The summed E-state index contributed by atoms with van der Waals surface area (Å²) in [5.74, 6) is -1.34. The summed E-state index contributed by atoms with van der Waals surface area (Å²) < 4.78 is 36.4. The maximum absolute atomic E-state index is 12.9. The number of hydrogen-bond donors (Lipinski definition) is 2. The zero-order valence-corrected chi connectivity index (χ0v) is 22.7. The molecule has 0 unspecified atom stereocenters. The third kappa shape index (κ3) is 7.40. The Balaban J connectivity index is 1.87. The lowest BCUT2D eigenvalue weighted by Crippen LogP contribution is -2.13. The van der Waals surface area contributed by atoms with Crippen LogP contribution in [0.5, 0.6) is 11.5 Å². The zero-order chi connectivity index (χ0) is 28.7. The van der Waals surface area contributed by atoms with E-state index in [0.29, 0.717) is 5.69 Å². The van der Waals surface area contributed by atoms with Gasteiger partial charge in [0.1, 0.15) is 16.5 Å². The van der Waals surface area contributed by atoms with Crippen molar-refractivity contribution in [2.24, 2.45) is 0 Å². The summed E-state index contributed by atoms with van der Waals surface area (Å²) in [6.07, 6.45) is 1.22. The lowest BCUT2D eigenvalue weighted by atomic mass is 10.1. The SMILES string of the molecule is COc1cc(/C=C(\C#N)C(=O)Nc2cccc([N+](=O)[O-])c2)cc(Br)c1OS(=O)(=O)c1ccc(NC(C)=O)cc1. The van der Waals surface area contributed by atoms with Gasteiger partial charge < -0.3 is 19.6 Å². The predicted molar refractivity (Wildman–Crippen MR) is 145 cm³/mol. The highest BCUT2D eigenvalue weighted by Crippen LogP contribution is 2.39. The fourth-order valence-electron chi connectivity index (χ4n) is 3.18. The number of nitriles is 1. The van der Waals surface area contributed by atoms with Crippen molar-refractivity contribution in [1.82, 2.24) is 0 Å². The number of rotatable bonds is 9. The highest BCUT2D eigenvalue weighted by Gasteiger charge is 2.22. The van der Waals surface area contributed by atoms with E-state index in [9.17, 15) is 33.4 Å². The summed E-state index contributed by atoms with van der Waals surface area (Å²) in [6, 6.07) is 15.1. The van der Waals surface area contributed by atoms with E-state index in [4.69, 9.17) is 8.92 Å². The number of non-ortho nitro benzene ring substituents is 1. The van der Waals surface area contributed by atoms with Crippen LogP contribution in [0.3, 0.4) is 0 Å². The number of ether oxygens (including phenoxy) is 1. The number of carbonyl (C=O) groups excluding carboxylic acids is 2. The van der Waals surface area contributed by atoms with Crippen LogP contribution < -0.4 is 19.6 Å². The number of hydrogen-bond acceptors (Lipinski definition) is 9. The van der Waals surface area contributed by atoms with Crippen LogP contribution in [0, 0.1) is 21.4 Å². The standard InChI is InChI=1S/C25H19BrN4O8S/c1-15(31)28-18-6-8-21(9-7-18)39(35,36)38-24-22(26)11-16(12-23(24)37-2)10-17(14-27)25(32)29-19-4-3-5-20(13-19)30(33)34/h3-13H,1-2H3,(H,28,31)(H,29,32)/b17-10+. The van der Waals surface area contributed by atoms with Crippen molar-refractivity contribution >= 4 is 61.0 Å². The number of nitro benzene ring substituents is 1. The lowest BCUT2D eigenvalue weighted by Gasteiger charge is -2.14. The predicted octanol–water partition coefficient (Wildman–Crippen LogP) is 4.64. The smallest absolute Gasteiger partial charge is 0.339 e. The minimum Gasteiger partial charge on any atom is -0.493 e. The molecule has 0 spiro atoms. The molecular formula is C25H19BrN4O8S. The number of anilines is 2. The first-order valence-electron chi connectivity index (χ1n) is 10.8. The molecule has 0 aromatic heterocycles. The third-order valence-electron chi connectivity index (χ3n) is 4.90. The van der Waals surface area contributed by atoms with Gasteiger partial charge in [-0.3, -0.25) is 19.7 Å². The van der Waals surface area contributed by atoms with Crippen molar-refractivity contribution in [3.05, 3.63) is 86.4 Å². The first-order valence-corrected chi connectivity index (χ1v) is 13.0. The van der Waals surface area contributed by atoms with Gasteiger partial charge >= 0.3 is 10.1 Å². The number of nitrogens with zero attached hydrogens (tertiary/aromatic N) is 2. The number of benzene rings is 3. The average molecular weight is 615 g/mol. The third-order valence-corrected chi connectivity index (χ3v) is 6.72. The molecule has 0 radical (unpaired) electrons. The maximum Gasteiger partial charge on any atom is 0.339 e. The largest absolute Gasteiger partial charge is 0.493 e. The van der Waals surface area contributed by atoms with Gasteiger partial charge in [-0.2, -0.15) is 13.7 Å². The summed E-state index contributed by atoms with van der Waals surface area (Å²) in [6.45, 7) is 1.32. The topological polar surface area (TPSA) is 178 Å². The summed E-state index contributed by atoms with van der Waals surface area (Å²) in [5, 5.41) is 25.4. The molecule has 0 atom stereocenters. The molecule has 0 aliphatic carbocycles. The van der Waals surface area contributed by atoms with Gasteiger partial charge in [-0.25, -0.2) is 0 Å². The van der Waals surface area contributed by atoms with E-state index in [1.807, 2.05) is 0 Å². The first kappa shape index (κ1) is 28.8. The molecule has 0 aliphatic rings. The Morgan fingerprint density at radius 3 is 2.36 bits per heavy atom. The number of nitro groups is 1. The van der Waals surface area contributed by atoms with Crippen molar-refractivity contribution in [2.75, 3.05) is 17.7 Å². The Kier molecular flexibility index (Phi) is 9.02. The van der Waals surface area contributed by atoms with Crippen LogP contribution in [0.25, 0.3) is 6.08 Å². The van der Waals surface area contributed by atoms with E-state index < -0.39 is 20.9 Å². The van der Waals surface area contributed by atoms with Crippen LogP contribution in [0.2, 0.25) is 0 Å². The molecule has 3 rings (SSSR count). The minimum atomic E-state index is -4.31. The van der Waals surface area contributed by atoms with Gasteiger partial charge in [-0.15, -0.1) is 0 Å². The molecule has 0 heterocycles. The molecule has 12 nitrogen and oxygen atoms in total. The number of carbonyl (C=O) groups is 2. The molecule has 3 aromatic rings. The zero-order valence-electron chi connectivity index (χ0n) is 20.3. The highest BCUT2D eigenvalue weighted by molar-refractivity contribution is 9.10. The van der Waals surface area contributed by atoms with E-state index in [1.54, 1.807) is 6.07 Å². The van der Waals surface area contributed by atoms with Crippen LogP contribution in [-0.2, 0) is 19.7 Å². The van der Waals surface area contributed by atoms with Gasteiger partial charge in [0.25, 0.3) is 11.6 Å². The molecule has 0 saturated carbocycles. The van der Waals surface area contributed by atoms with Crippen molar-refractivity contribution in [3.8, 4) is 17.6 Å². The summed E-state index contributed by atoms with van der Waals surface area (Å²) >= 11 is 3.23. The van der Waals surface area contributed by atoms with E-state index in [0.717, 1.165) is 6.07 Å². The van der Waals surface area contributed by atoms with E-state index in [-0.39, 0.29) is 49.3 Å². The lowest BCUT2D eigenvalue weighted by molar-refractivity contribution is -0.384. The van der Waals surface area contributed by atoms with Crippen LogP contribution >= 0.6 is 15.9 Å². The second-order valence-corrected chi connectivity index (χ2v) is 10.1. The Labute approximate surface area is 231 Å². The summed E-state index contributed by atoms with van der Waals surface area (Å²) in [4.78, 5) is 33.9. The van der Waals surface area contributed by atoms with E-state index in [2.05, 4.69) is 26.6 Å². The molecule has 39 heavy (non-hydrogen) atoms. The van der Waals surface area contributed by atoms with E-state index >= 15 is 0 Å². The second kappa shape index (κ2) is 12.2. The number of nitrogens with one attached hydrogen (secondary N) is 2. The Hall–Kier alpha value is -4.74. The number of halogens is 1. The van der Waals surface area contributed by atoms with Crippen molar-refractivity contribution in [2.45, 2.75) is 11.8 Å². The minimum absolute atomic E-state index is 0.0227. The molecule has 0 fully saturated rings. The number of amides is 2. The molecule has 14 heteroatoms. The van der Waals surface area contributed by atoms with Crippen molar-refractivity contribution in [3.63, 3.8) is 0 Å². The molecule has 2 N–H and O–H groups in total. The van der Waals surface area contributed by atoms with Gasteiger partial charge in [0, 0.05) is 30.4 Å². The fourth-order valence-corrected chi connectivity index (χ4v) is 4.79. The van der Waals surface area contributed by atoms with Crippen molar-refractivity contribution < 1.29 is 31.9 Å². The molecule has 3 aromatic carbocycles. The molecule has 0 aliphatic heterocycles. The quantitative estimate of drug-likeness (QED) is 0.114. The Morgan fingerprint density at radius 2 is 1.77 bits per heavy atom. The maximum atomic E-state index is 12.9. The fraction of sp³-hybridized carbons (Fsp3) is 0.0800. The van der Waals surface area contributed by atoms with Gasteiger partial charge in [-0.1, -0.05) is 6.07 Å². The van der Waals surface area contributed by atoms with Crippen LogP contribution in [0.15, 0.2) is 75.6 Å². The van der Waals surface area contributed by atoms with E-state index in [1.165, 1.54) is 74.7 Å². The van der Waals surface area contributed by atoms with Gasteiger partial charge in [0.15, 0.2) is 11.5 Å². The van der Waals surface area contributed by atoms with Gasteiger partial charge in [-0.05, 0) is 70.0 Å². The first-order chi connectivity index (χ1) is 18.4. The molecular weight excluding hydrogens is 596 g/mol. The number of methoxy groups -OCH3 is 1. The van der Waals surface area contributed by atoms with Gasteiger partial charge in [0.05, 0.1) is 16.5 Å². The Morgan fingerprint density at radius 1 is 1.08 bits per heavy atom. The molecule has 0 saturated heterocycles. The molecule has 200 valence electrons. The molecule has 0 bridgehead atoms. The normalized spacial score (nSPS) is 11.2. The summed E-state index contributed by atoms with van der Waals surface area (Å²) in [5.41, 5.74) is 0.232. The van der Waals surface area contributed by atoms with Crippen LogP contribution in [-0.4, -0.2) is 32.3 Å². The average Bonchev–Trinajstić information content (AvgIpc) is 2.88. The van der Waals surface area contributed by atoms with Crippen molar-refractivity contribution in [1.29, 1.82) is 5.26 Å². The second-order valence-electron chi connectivity index (χ2n) is 7.71.